The third-order valence-electron chi connectivity index (χ3n) is 1.96. The first-order chi connectivity index (χ1) is 8.01. The van der Waals surface area contributed by atoms with Crippen LogP contribution in [0.5, 0.6) is 5.88 Å². The maximum Gasteiger partial charge on any atom is 0.339 e. The van der Waals surface area contributed by atoms with Crippen LogP contribution >= 0.6 is 0 Å². The van der Waals surface area contributed by atoms with Crippen LogP contribution in [-0.2, 0) is 4.74 Å². The fourth-order valence-electron chi connectivity index (χ4n) is 1.30. The Hall–Kier alpha value is -1.92. The van der Waals surface area contributed by atoms with E-state index in [1.54, 1.807) is 0 Å². The SMILES string of the molecule is CCOC(=O)c1cc(=O)[nH]c(OC)c1C(F)F. The van der Waals surface area contributed by atoms with Crippen LogP contribution in [0.4, 0.5) is 8.78 Å². The molecule has 94 valence electrons. The summed E-state index contributed by atoms with van der Waals surface area (Å²) >= 11 is 0. The number of ether oxygens (including phenoxy) is 2. The molecule has 1 aromatic heterocycles. The monoisotopic (exact) mass is 247 g/mol. The van der Waals surface area contributed by atoms with E-state index in [1.165, 1.54) is 6.92 Å². The number of hydrogen-bond donors (Lipinski definition) is 1. The van der Waals surface area contributed by atoms with Gasteiger partial charge in [-0.25, -0.2) is 13.6 Å². The van der Waals surface area contributed by atoms with E-state index in [4.69, 9.17) is 0 Å². The van der Waals surface area contributed by atoms with Crippen molar-refractivity contribution in [1.82, 2.24) is 4.98 Å². The largest absolute Gasteiger partial charge is 0.482 e. The van der Waals surface area contributed by atoms with Crippen molar-refractivity contribution in [2.75, 3.05) is 13.7 Å². The van der Waals surface area contributed by atoms with Gasteiger partial charge in [-0.3, -0.25) is 9.78 Å². The Morgan fingerprint density at radius 1 is 1.53 bits per heavy atom. The van der Waals surface area contributed by atoms with Gasteiger partial charge >= 0.3 is 5.97 Å². The van der Waals surface area contributed by atoms with E-state index in [-0.39, 0.29) is 6.61 Å². The maximum atomic E-state index is 12.8. The van der Waals surface area contributed by atoms with Crippen LogP contribution in [0, 0.1) is 0 Å². The molecule has 0 amide bonds. The number of alkyl halides is 2. The molecule has 7 heteroatoms. The number of nitrogens with one attached hydrogen (secondary N) is 1. The van der Waals surface area contributed by atoms with E-state index in [2.05, 4.69) is 14.5 Å². The zero-order chi connectivity index (χ0) is 13.0. The van der Waals surface area contributed by atoms with Crippen LogP contribution in [0.1, 0.15) is 29.3 Å². The molecule has 0 saturated heterocycles. The normalized spacial score (nSPS) is 10.4. The molecule has 0 radical (unpaired) electrons. The fourth-order valence-corrected chi connectivity index (χ4v) is 1.30. The molecule has 0 aliphatic carbocycles. The summed E-state index contributed by atoms with van der Waals surface area (Å²) in [4.78, 5) is 24.7. The minimum atomic E-state index is -2.96. The van der Waals surface area contributed by atoms with Crippen molar-refractivity contribution in [2.24, 2.45) is 0 Å². The highest BCUT2D eigenvalue weighted by atomic mass is 19.3. The molecule has 0 fully saturated rings. The molecule has 17 heavy (non-hydrogen) atoms. The number of carbonyl (C=O) groups is 1. The van der Waals surface area contributed by atoms with E-state index in [0.717, 1.165) is 13.2 Å². The van der Waals surface area contributed by atoms with Crippen LogP contribution in [-0.4, -0.2) is 24.7 Å². The standard InChI is InChI=1S/C10H11F2NO4/c1-3-17-10(15)5-4-6(14)13-9(16-2)7(5)8(11)12/h4,8H,3H2,1-2H3,(H,13,14). The lowest BCUT2D eigenvalue weighted by atomic mass is 10.1. The molecule has 5 nitrogen and oxygen atoms in total. The van der Waals surface area contributed by atoms with Crippen molar-refractivity contribution >= 4 is 5.97 Å². The van der Waals surface area contributed by atoms with Gasteiger partial charge < -0.3 is 9.47 Å². The zero-order valence-corrected chi connectivity index (χ0v) is 9.25. The lowest BCUT2D eigenvalue weighted by Gasteiger charge is -2.11. The van der Waals surface area contributed by atoms with Gasteiger partial charge in [0.1, 0.15) is 0 Å². The first-order valence-corrected chi connectivity index (χ1v) is 4.77. The highest BCUT2D eigenvalue weighted by Crippen LogP contribution is 2.29. The first-order valence-electron chi connectivity index (χ1n) is 4.77. The molecule has 0 atom stereocenters. The van der Waals surface area contributed by atoms with E-state index in [9.17, 15) is 18.4 Å². The number of methoxy groups -OCH3 is 1. The number of hydrogen-bond acceptors (Lipinski definition) is 4. The molecule has 0 aromatic carbocycles. The number of aromatic nitrogens is 1. The smallest absolute Gasteiger partial charge is 0.339 e. The van der Waals surface area contributed by atoms with Crippen LogP contribution in [0.2, 0.25) is 0 Å². The summed E-state index contributed by atoms with van der Waals surface area (Å²) < 4.78 is 34.8. The Morgan fingerprint density at radius 3 is 2.65 bits per heavy atom. The number of esters is 1. The summed E-state index contributed by atoms with van der Waals surface area (Å²) in [7, 11) is 1.12. The Labute approximate surface area is 95.4 Å². The zero-order valence-electron chi connectivity index (χ0n) is 9.25. The van der Waals surface area contributed by atoms with Gasteiger partial charge in [-0.1, -0.05) is 0 Å². The quantitative estimate of drug-likeness (QED) is 0.818. The number of H-pyrrole nitrogens is 1. The Morgan fingerprint density at radius 2 is 2.18 bits per heavy atom. The average molecular weight is 247 g/mol. The molecule has 0 unspecified atom stereocenters. The maximum absolute atomic E-state index is 12.8. The van der Waals surface area contributed by atoms with Gasteiger partial charge in [0.15, 0.2) is 0 Å². The first kappa shape index (κ1) is 13.1. The van der Waals surface area contributed by atoms with Gasteiger partial charge in [0.25, 0.3) is 12.0 Å². The lowest BCUT2D eigenvalue weighted by Crippen LogP contribution is -2.17. The number of aromatic amines is 1. The topological polar surface area (TPSA) is 68.4 Å². The minimum absolute atomic E-state index is 0.0244. The van der Waals surface area contributed by atoms with Crippen LogP contribution < -0.4 is 10.3 Å². The molecular weight excluding hydrogens is 236 g/mol. The Bertz CT molecular complexity index is 470. The summed E-state index contributed by atoms with van der Waals surface area (Å²) in [6, 6.07) is 0.766. The Kier molecular flexibility index (Phi) is 4.19. The summed E-state index contributed by atoms with van der Waals surface area (Å²) in [5.74, 6) is -1.41. The predicted octanol–water partition coefficient (Wildman–Crippen LogP) is 1.50. The summed E-state index contributed by atoms with van der Waals surface area (Å²) in [6.07, 6.45) is -2.96. The van der Waals surface area contributed by atoms with Crippen molar-refractivity contribution in [1.29, 1.82) is 0 Å². The molecule has 0 aliphatic heterocycles. The van der Waals surface area contributed by atoms with Crippen LogP contribution in [0.3, 0.4) is 0 Å². The third-order valence-corrected chi connectivity index (χ3v) is 1.96. The third kappa shape index (κ3) is 2.80. The fraction of sp³-hybridized carbons (Fsp3) is 0.400. The van der Waals surface area contributed by atoms with Crippen molar-refractivity contribution in [3.8, 4) is 5.88 Å². The highest BCUT2D eigenvalue weighted by Gasteiger charge is 2.25. The summed E-state index contributed by atoms with van der Waals surface area (Å²) in [6.45, 7) is 1.56. The van der Waals surface area contributed by atoms with Gasteiger partial charge in [-0.05, 0) is 6.92 Å². The van der Waals surface area contributed by atoms with Crippen molar-refractivity contribution < 1.29 is 23.0 Å². The highest BCUT2D eigenvalue weighted by molar-refractivity contribution is 5.91. The molecule has 0 bridgehead atoms. The molecule has 0 saturated carbocycles. The van der Waals surface area contributed by atoms with E-state index in [1.807, 2.05) is 0 Å². The summed E-state index contributed by atoms with van der Waals surface area (Å²) in [5, 5.41) is 0. The number of carbonyl (C=O) groups excluding carboxylic acids is 1. The van der Waals surface area contributed by atoms with Gasteiger partial charge in [0, 0.05) is 6.07 Å². The molecular formula is C10H11F2NO4. The van der Waals surface area contributed by atoms with E-state index >= 15 is 0 Å². The second-order valence-electron chi connectivity index (χ2n) is 3.02. The molecule has 1 aromatic rings. The van der Waals surface area contributed by atoms with Gasteiger partial charge in [-0.2, -0.15) is 0 Å². The number of rotatable bonds is 4. The van der Waals surface area contributed by atoms with E-state index in [0.29, 0.717) is 0 Å². The van der Waals surface area contributed by atoms with Crippen molar-refractivity contribution in [3.63, 3.8) is 0 Å². The van der Waals surface area contributed by atoms with Gasteiger partial charge in [0.05, 0.1) is 24.8 Å². The van der Waals surface area contributed by atoms with Crippen LogP contribution in [0.25, 0.3) is 0 Å². The molecule has 1 heterocycles. The van der Waals surface area contributed by atoms with Crippen molar-refractivity contribution in [2.45, 2.75) is 13.3 Å². The van der Waals surface area contributed by atoms with Crippen molar-refractivity contribution in [3.05, 3.63) is 27.5 Å². The predicted molar refractivity (Wildman–Crippen MR) is 54.5 cm³/mol. The molecule has 0 spiro atoms. The molecule has 1 N–H and O–H groups in total. The Balaban J connectivity index is 3.40. The van der Waals surface area contributed by atoms with Crippen LogP contribution in [0.15, 0.2) is 10.9 Å². The average Bonchev–Trinajstić information content (AvgIpc) is 2.27. The molecule has 1 rings (SSSR count). The molecule has 0 aliphatic rings. The van der Waals surface area contributed by atoms with E-state index < -0.39 is 35.0 Å². The second-order valence-corrected chi connectivity index (χ2v) is 3.02. The van der Waals surface area contributed by atoms with Gasteiger partial charge in [-0.15, -0.1) is 0 Å². The number of pyridine rings is 1. The van der Waals surface area contributed by atoms with Gasteiger partial charge in [0.2, 0.25) is 5.88 Å². The second kappa shape index (κ2) is 5.42. The minimum Gasteiger partial charge on any atom is -0.482 e. The lowest BCUT2D eigenvalue weighted by molar-refractivity contribution is 0.0513. The number of halogens is 2. The summed E-state index contributed by atoms with van der Waals surface area (Å²) in [5.41, 5.74) is -1.87.